The Morgan fingerprint density at radius 3 is 1.48 bits per heavy atom. The number of hydrogen-bond acceptors (Lipinski definition) is 8. The van der Waals surface area contributed by atoms with Crippen LogP contribution in [-0.2, 0) is 39.2 Å². The Bertz CT molecular complexity index is 1010. The molecule has 1 fully saturated rings. The van der Waals surface area contributed by atoms with Crippen molar-refractivity contribution in [2.45, 2.75) is 97.6 Å². The number of aromatic hydroxyl groups is 2. The Morgan fingerprint density at radius 2 is 1.15 bits per heavy atom. The van der Waals surface area contributed by atoms with Crippen LogP contribution in [0.15, 0.2) is 46.4 Å². The van der Waals surface area contributed by atoms with Crippen molar-refractivity contribution in [2.24, 2.45) is 9.98 Å². The molecule has 3 rings (SSSR count). The van der Waals surface area contributed by atoms with E-state index >= 15 is 0 Å². The number of carboxylic acid groups (broad SMARTS) is 2. The minimum absolute atomic E-state index is 0. The van der Waals surface area contributed by atoms with E-state index in [4.69, 9.17) is 29.8 Å². The molecule has 2 N–H and O–H groups in total. The number of aryl methyl sites for hydroxylation is 2. The maximum absolute atomic E-state index is 10.2. The van der Waals surface area contributed by atoms with Gasteiger partial charge < -0.3 is 30.0 Å². The molecule has 0 bridgehead atoms. The number of rotatable bonds is 10. The van der Waals surface area contributed by atoms with Crippen LogP contribution in [0.3, 0.4) is 0 Å². The zero-order chi connectivity index (χ0) is 29.2. The molecule has 1 radical (unpaired) electrons. The van der Waals surface area contributed by atoms with E-state index in [1.807, 2.05) is 36.7 Å². The summed E-state index contributed by atoms with van der Waals surface area (Å²) in [4.78, 5) is 27.4. The van der Waals surface area contributed by atoms with E-state index in [1.165, 1.54) is 11.1 Å². The fraction of sp³-hybridized carbons (Fsp3) is 0.484. The van der Waals surface area contributed by atoms with Crippen molar-refractivity contribution in [2.75, 3.05) is 0 Å². The van der Waals surface area contributed by atoms with E-state index in [-0.39, 0.29) is 40.4 Å². The molecule has 1 saturated carbocycles. The van der Waals surface area contributed by atoms with E-state index in [0.717, 1.165) is 82.8 Å². The van der Waals surface area contributed by atoms with Crippen molar-refractivity contribution in [1.29, 1.82) is 0 Å². The van der Waals surface area contributed by atoms with Gasteiger partial charge in [0.15, 0.2) is 0 Å². The van der Waals surface area contributed by atoms with E-state index in [0.29, 0.717) is 0 Å². The summed E-state index contributed by atoms with van der Waals surface area (Å²) >= 11 is 0. The van der Waals surface area contributed by atoms with Gasteiger partial charge in [0, 0.05) is 35.5 Å². The summed E-state index contributed by atoms with van der Waals surface area (Å²) in [5.41, 5.74) is 4.04. The average Bonchev–Trinajstić information content (AvgIpc) is 3.32. The number of carboxylic acids is 2. The van der Waals surface area contributed by atoms with Crippen LogP contribution in [0.2, 0.25) is 0 Å². The minimum Gasteiger partial charge on any atom is -0.550 e. The molecular weight excluding hydrogens is 555 g/mol. The van der Waals surface area contributed by atoms with Crippen LogP contribution in [0.4, 0.5) is 0 Å². The van der Waals surface area contributed by atoms with Crippen molar-refractivity contribution >= 4 is 24.4 Å². The predicted molar refractivity (Wildman–Crippen MR) is 151 cm³/mol. The van der Waals surface area contributed by atoms with Gasteiger partial charge in [0.25, 0.3) is 0 Å². The quantitative estimate of drug-likeness (QED) is 0.399. The number of hydrogen-bond donors (Lipinski definition) is 2. The molecule has 0 spiro atoms. The van der Waals surface area contributed by atoms with Crippen molar-refractivity contribution < 1.29 is 46.8 Å². The Balaban J connectivity index is 0.00000149. The Kier molecular flexibility index (Phi) is 19.0. The summed E-state index contributed by atoms with van der Waals surface area (Å²) < 4.78 is 0. The SMILES string of the molecule is CC(=O)[O-].CC(=O)[O-].CCCCc1ccc(O)c(C=NC2CCCC2N=Cc2cc(CCCC)ccc2O)c1.[Co+2]. The average molecular weight is 598 g/mol. The molecule has 8 nitrogen and oxygen atoms in total. The van der Waals surface area contributed by atoms with Gasteiger partial charge in [-0.05, 0) is 94.2 Å². The van der Waals surface area contributed by atoms with Gasteiger partial charge in [0.05, 0.1) is 12.1 Å². The molecule has 0 amide bonds. The zero-order valence-electron chi connectivity index (χ0n) is 23.9. The molecule has 2 aromatic rings. The molecule has 2 atom stereocenters. The number of nitrogens with zero attached hydrogens (tertiary/aromatic N) is 2. The van der Waals surface area contributed by atoms with Crippen LogP contribution in [-0.4, -0.2) is 46.7 Å². The van der Waals surface area contributed by atoms with E-state index in [2.05, 4.69) is 13.8 Å². The molecule has 9 heteroatoms. The van der Waals surface area contributed by atoms with Gasteiger partial charge in [-0.25, -0.2) is 0 Å². The Hall–Kier alpha value is -3.17. The summed E-state index contributed by atoms with van der Waals surface area (Å²) in [6.45, 7) is 6.31. The Morgan fingerprint density at radius 1 is 0.800 bits per heavy atom. The number of aliphatic carboxylic acids is 2. The van der Waals surface area contributed by atoms with Crippen LogP contribution in [0.5, 0.6) is 11.5 Å². The van der Waals surface area contributed by atoms with Crippen LogP contribution < -0.4 is 10.2 Å². The van der Waals surface area contributed by atoms with Crippen molar-refractivity contribution in [1.82, 2.24) is 0 Å². The normalized spacial score (nSPS) is 16.0. The van der Waals surface area contributed by atoms with Gasteiger partial charge in [-0.1, -0.05) is 38.8 Å². The molecule has 40 heavy (non-hydrogen) atoms. The smallest absolute Gasteiger partial charge is 0.550 e. The molecular formula is C31H42CoN2O6. The first-order valence-corrected chi connectivity index (χ1v) is 13.6. The van der Waals surface area contributed by atoms with Crippen LogP contribution in [0, 0.1) is 0 Å². The summed E-state index contributed by atoms with van der Waals surface area (Å²) in [6.07, 6.45) is 13.4. The van der Waals surface area contributed by atoms with Gasteiger partial charge >= 0.3 is 16.8 Å². The number of phenols is 2. The van der Waals surface area contributed by atoms with Gasteiger partial charge in [0.2, 0.25) is 0 Å². The van der Waals surface area contributed by atoms with Gasteiger partial charge in [0.1, 0.15) is 11.5 Å². The number of benzene rings is 2. The second-order valence-corrected chi connectivity index (χ2v) is 9.60. The van der Waals surface area contributed by atoms with E-state index in [9.17, 15) is 10.2 Å². The minimum atomic E-state index is -1.08. The summed E-state index contributed by atoms with van der Waals surface area (Å²) in [5.74, 6) is -1.62. The van der Waals surface area contributed by atoms with E-state index in [1.54, 1.807) is 12.1 Å². The van der Waals surface area contributed by atoms with Crippen molar-refractivity contribution in [3.8, 4) is 11.5 Å². The third-order valence-corrected chi connectivity index (χ3v) is 6.08. The maximum atomic E-state index is 10.2. The molecule has 0 saturated heterocycles. The monoisotopic (exact) mass is 597 g/mol. The first-order valence-electron chi connectivity index (χ1n) is 13.6. The first-order chi connectivity index (χ1) is 18.6. The molecule has 2 unspecified atom stereocenters. The van der Waals surface area contributed by atoms with Gasteiger partial charge in [-0.3, -0.25) is 9.98 Å². The topological polar surface area (TPSA) is 145 Å². The molecule has 0 heterocycles. The Labute approximate surface area is 248 Å². The van der Waals surface area contributed by atoms with Gasteiger partial charge in [-0.2, -0.15) is 0 Å². The fourth-order valence-corrected chi connectivity index (χ4v) is 4.11. The fourth-order valence-electron chi connectivity index (χ4n) is 4.11. The molecule has 0 aromatic heterocycles. The van der Waals surface area contributed by atoms with Crippen LogP contribution in [0.25, 0.3) is 0 Å². The number of aliphatic imine (C=N–C) groups is 2. The number of unbranched alkanes of at least 4 members (excludes halogenated alkanes) is 2. The van der Waals surface area contributed by atoms with Crippen LogP contribution >= 0.6 is 0 Å². The molecule has 1 aliphatic rings. The zero-order valence-corrected chi connectivity index (χ0v) is 24.9. The third-order valence-electron chi connectivity index (χ3n) is 6.08. The van der Waals surface area contributed by atoms with Crippen LogP contribution in [0.1, 0.15) is 94.9 Å². The maximum Gasteiger partial charge on any atom is 2.00 e. The summed E-state index contributed by atoms with van der Waals surface area (Å²) in [7, 11) is 0. The largest absolute Gasteiger partial charge is 2.00 e. The standard InChI is InChI=1S/C27H36N2O2.2C2H4O2.Co/c1-3-5-8-20-12-14-26(30)22(16-20)18-28-24-10-7-11-25(24)29-19-23-17-21(9-6-4-2)13-15-27(23)31;2*1-2(3)4;/h12-19,24-25,30-31H,3-11H2,1-2H3;2*1H3,(H,3,4);/q;;;+2/p-2. The second kappa shape index (κ2) is 20.7. The van der Waals surface area contributed by atoms with Crippen molar-refractivity contribution in [3.63, 3.8) is 0 Å². The molecule has 2 aromatic carbocycles. The molecule has 0 aliphatic heterocycles. The van der Waals surface area contributed by atoms with Gasteiger partial charge in [-0.15, -0.1) is 0 Å². The summed E-state index contributed by atoms with van der Waals surface area (Å²) in [5, 5.41) is 38.2. The second-order valence-electron chi connectivity index (χ2n) is 9.60. The number of carbonyl (C=O) groups is 2. The number of phenolic OH excluding ortho intramolecular Hbond substituents is 2. The molecule has 1 aliphatic carbocycles. The first kappa shape index (κ1) is 36.8. The van der Waals surface area contributed by atoms with E-state index < -0.39 is 11.9 Å². The van der Waals surface area contributed by atoms with Crippen molar-refractivity contribution in [3.05, 3.63) is 58.7 Å². The predicted octanol–water partition coefficient (Wildman–Crippen LogP) is 3.75. The third kappa shape index (κ3) is 15.4. The summed E-state index contributed by atoms with van der Waals surface area (Å²) in [6, 6.07) is 11.8. The number of carbonyl (C=O) groups excluding carboxylic acids is 2. The molecule has 221 valence electrons.